The lowest BCUT2D eigenvalue weighted by Crippen LogP contribution is -2.41. The molecule has 2 saturated carbocycles. The summed E-state index contributed by atoms with van der Waals surface area (Å²) in [5, 5.41) is 0. The summed E-state index contributed by atoms with van der Waals surface area (Å²) in [6.07, 6.45) is 0. The number of hydrogen-bond acceptors (Lipinski definition) is 0. The second-order valence-electron chi connectivity index (χ2n) is 9.75. The summed E-state index contributed by atoms with van der Waals surface area (Å²) in [6.45, 7) is 25.3. The zero-order chi connectivity index (χ0) is 16.3. The van der Waals surface area contributed by atoms with Gasteiger partial charge in [-0.15, -0.1) is 0 Å². The highest BCUT2D eigenvalue weighted by molar-refractivity contribution is 5.04. The Morgan fingerprint density at radius 3 is 0.762 bits per heavy atom. The molecule has 0 amide bonds. The first kappa shape index (κ1) is 17.4. The van der Waals surface area contributed by atoms with Crippen LogP contribution in [0.3, 0.4) is 0 Å². The summed E-state index contributed by atoms with van der Waals surface area (Å²) in [5.74, 6) is 8.77. The van der Waals surface area contributed by atoms with Crippen molar-refractivity contribution < 1.29 is 0 Å². The zero-order valence-corrected chi connectivity index (χ0v) is 16.3. The molecule has 4 unspecified atom stereocenters. The van der Waals surface area contributed by atoms with E-state index >= 15 is 0 Å². The van der Waals surface area contributed by atoms with E-state index in [4.69, 9.17) is 0 Å². The van der Waals surface area contributed by atoms with Crippen molar-refractivity contribution in [3.05, 3.63) is 0 Å². The standard InChI is InChI=1S/C21H40/c1-11-12(2)16(6)19(15(11)5)21(9,10)20-17(7)13(3)14(4)18(20)8/h11-20H,1-10H3/t11-,12?,13-,14?,15-,16-,17-,18-,19?,20?/m0/s1. The molecule has 0 N–H and O–H groups in total. The van der Waals surface area contributed by atoms with Crippen LogP contribution in [0.1, 0.15) is 69.2 Å². The highest BCUT2D eigenvalue weighted by Crippen LogP contribution is 2.61. The van der Waals surface area contributed by atoms with Crippen LogP contribution < -0.4 is 0 Å². The van der Waals surface area contributed by atoms with Gasteiger partial charge in [0.1, 0.15) is 0 Å². The first-order chi connectivity index (χ1) is 9.53. The summed E-state index contributed by atoms with van der Waals surface area (Å²) in [6, 6.07) is 0. The lowest BCUT2D eigenvalue weighted by Gasteiger charge is -2.46. The SMILES string of the molecule is CC1[C@H](C)C(C(C)(C)C2[C@@H](C)C(C)[C@H](C)[C@@H]2C)[C@@H](C)[C@H]1C. The molecule has 2 aliphatic rings. The van der Waals surface area contributed by atoms with E-state index in [1.54, 1.807) is 0 Å². The molecule has 0 aromatic carbocycles. The lowest BCUT2D eigenvalue weighted by molar-refractivity contribution is 0.0137. The van der Waals surface area contributed by atoms with E-state index in [1.807, 2.05) is 0 Å². The van der Waals surface area contributed by atoms with Gasteiger partial charge in [0.15, 0.2) is 0 Å². The van der Waals surface area contributed by atoms with Crippen molar-refractivity contribution in [3.63, 3.8) is 0 Å². The normalized spacial score (nSPS) is 55.1. The molecule has 0 nitrogen and oxygen atoms in total. The minimum Gasteiger partial charge on any atom is -0.0620 e. The van der Waals surface area contributed by atoms with Crippen LogP contribution in [0.2, 0.25) is 0 Å². The van der Waals surface area contributed by atoms with Crippen LogP contribution >= 0.6 is 0 Å². The molecule has 21 heavy (non-hydrogen) atoms. The third kappa shape index (κ3) is 2.40. The third-order valence-corrected chi connectivity index (χ3v) is 8.96. The van der Waals surface area contributed by atoms with Crippen molar-refractivity contribution >= 4 is 0 Å². The smallest absolute Gasteiger partial charge is 0.0287 e. The third-order valence-electron chi connectivity index (χ3n) is 8.96. The maximum Gasteiger partial charge on any atom is -0.0287 e. The van der Waals surface area contributed by atoms with Gasteiger partial charge in [-0.05, 0) is 64.6 Å². The summed E-state index contributed by atoms with van der Waals surface area (Å²) in [5.41, 5.74) is 0.468. The molecule has 0 saturated heterocycles. The van der Waals surface area contributed by atoms with E-state index < -0.39 is 0 Å². The molecule has 0 radical (unpaired) electrons. The maximum absolute atomic E-state index is 2.61. The molecule has 0 bridgehead atoms. The molecular formula is C21H40. The van der Waals surface area contributed by atoms with Crippen LogP contribution in [0, 0.1) is 64.6 Å². The minimum atomic E-state index is 0.468. The van der Waals surface area contributed by atoms with Gasteiger partial charge in [0.05, 0.1) is 0 Å². The Kier molecular flexibility index (Phi) is 4.60. The van der Waals surface area contributed by atoms with Gasteiger partial charge in [-0.3, -0.25) is 0 Å². The molecule has 124 valence electrons. The highest BCUT2D eigenvalue weighted by Gasteiger charge is 2.56. The van der Waals surface area contributed by atoms with E-state index in [0.29, 0.717) is 5.41 Å². The maximum atomic E-state index is 2.61. The topological polar surface area (TPSA) is 0 Å². The first-order valence-corrected chi connectivity index (χ1v) is 9.53. The molecule has 0 aliphatic heterocycles. The molecule has 0 aromatic rings. The van der Waals surface area contributed by atoms with Crippen molar-refractivity contribution in [1.29, 1.82) is 0 Å². The Morgan fingerprint density at radius 2 is 0.571 bits per heavy atom. The van der Waals surface area contributed by atoms with Gasteiger partial charge in [-0.2, -0.15) is 0 Å². The Balaban J connectivity index is 2.34. The lowest BCUT2D eigenvalue weighted by atomic mass is 9.58. The van der Waals surface area contributed by atoms with E-state index in [0.717, 1.165) is 59.2 Å². The summed E-state index contributed by atoms with van der Waals surface area (Å²) < 4.78 is 0. The van der Waals surface area contributed by atoms with E-state index in [-0.39, 0.29) is 0 Å². The van der Waals surface area contributed by atoms with Gasteiger partial charge in [0.2, 0.25) is 0 Å². The molecule has 0 spiro atoms. The largest absolute Gasteiger partial charge is 0.0620 e. The Labute approximate surface area is 134 Å². The van der Waals surface area contributed by atoms with Crippen LogP contribution in [0.4, 0.5) is 0 Å². The van der Waals surface area contributed by atoms with Crippen LogP contribution in [-0.2, 0) is 0 Å². The fraction of sp³-hybridized carbons (Fsp3) is 1.00. The van der Waals surface area contributed by atoms with Crippen LogP contribution in [0.25, 0.3) is 0 Å². The Bertz CT molecular complexity index is 306. The minimum absolute atomic E-state index is 0.468. The first-order valence-electron chi connectivity index (χ1n) is 9.53. The molecule has 2 rings (SSSR count). The summed E-state index contributed by atoms with van der Waals surface area (Å²) in [7, 11) is 0. The van der Waals surface area contributed by atoms with Gasteiger partial charge in [-0.1, -0.05) is 69.2 Å². The van der Waals surface area contributed by atoms with Crippen molar-refractivity contribution in [2.75, 3.05) is 0 Å². The fourth-order valence-corrected chi connectivity index (χ4v) is 7.11. The van der Waals surface area contributed by atoms with Crippen LogP contribution in [-0.4, -0.2) is 0 Å². The number of hydrogen-bond donors (Lipinski definition) is 0. The Hall–Kier alpha value is 0. The summed E-state index contributed by atoms with van der Waals surface area (Å²) in [4.78, 5) is 0. The Morgan fingerprint density at radius 1 is 0.381 bits per heavy atom. The van der Waals surface area contributed by atoms with Gasteiger partial charge in [-0.25, -0.2) is 0 Å². The second kappa shape index (κ2) is 5.57. The van der Waals surface area contributed by atoms with Crippen LogP contribution in [0.5, 0.6) is 0 Å². The summed E-state index contributed by atoms with van der Waals surface area (Å²) >= 11 is 0. The molecule has 10 atom stereocenters. The fourth-order valence-electron chi connectivity index (χ4n) is 7.11. The second-order valence-corrected chi connectivity index (χ2v) is 9.75. The average molecular weight is 293 g/mol. The van der Waals surface area contributed by atoms with Crippen molar-refractivity contribution in [3.8, 4) is 0 Å². The molecule has 2 fully saturated rings. The van der Waals surface area contributed by atoms with Crippen molar-refractivity contribution in [2.45, 2.75) is 69.2 Å². The molecule has 0 aromatic heterocycles. The molecule has 0 heterocycles. The highest BCUT2D eigenvalue weighted by atomic mass is 14.6. The van der Waals surface area contributed by atoms with Gasteiger partial charge < -0.3 is 0 Å². The zero-order valence-electron chi connectivity index (χ0n) is 16.3. The molecule has 0 heteroatoms. The molecular weight excluding hydrogens is 252 g/mol. The van der Waals surface area contributed by atoms with Gasteiger partial charge >= 0.3 is 0 Å². The van der Waals surface area contributed by atoms with E-state index in [2.05, 4.69) is 69.2 Å². The van der Waals surface area contributed by atoms with E-state index in [9.17, 15) is 0 Å². The average Bonchev–Trinajstić information content (AvgIpc) is 2.72. The predicted molar refractivity (Wildman–Crippen MR) is 94.1 cm³/mol. The van der Waals surface area contributed by atoms with E-state index in [1.165, 1.54) is 0 Å². The van der Waals surface area contributed by atoms with Gasteiger partial charge in [0, 0.05) is 0 Å². The monoisotopic (exact) mass is 292 g/mol. The number of rotatable bonds is 2. The molecule has 2 aliphatic carbocycles. The predicted octanol–water partition coefficient (Wildman–Crippen LogP) is 6.36. The van der Waals surface area contributed by atoms with Crippen molar-refractivity contribution in [1.82, 2.24) is 0 Å². The van der Waals surface area contributed by atoms with Gasteiger partial charge in [0.25, 0.3) is 0 Å². The van der Waals surface area contributed by atoms with Crippen molar-refractivity contribution in [2.24, 2.45) is 64.6 Å². The quantitative estimate of drug-likeness (QED) is 0.555. The van der Waals surface area contributed by atoms with Crippen LogP contribution in [0.15, 0.2) is 0 Å².